The standard InChI is InChI=1S/C15H21NO2/c1-4-8-13(5-2)16-11-12-9-7-10-14(15(12)17)18-6-3/h2,7,9-10,13,16-17H,4,6,8,11H2,1,3H3. The summed E-state index contributed by atoms with van der Waals surface area (Å²) in [6.07, 6.45) is 7.41. The molecule has 0 saturated carbocycles. The third-order valence-corrected chi connectivity index (χ3v) is 2.70. The number of ether oxygens (including phenoxy) is 1. The zero-order chi connectivity index (χ0) is 13.4. The molecule has 0 amide bonds. The van der Waals surface area contributed by atoms with E-state index in [4.69, 9.17) is 11.2 Å². The van der Waals surface area contributed by atoms with Gasteiger partial charge in [-0.25, -0.2) is 0 Å². The Morgan fingerprint density at radius 2 is 2.22 bits per heavy atom. The summed E-state index contributed by atoms with van der Waals surface area (Å²) in [5, 5.41) is 13.3. The molecule has 0 fully saturated rings. The highest BCUT2D eigenvalue weighted by Gasteiger charge is 2.09. The Labute approximate surface area is 109 Å². The molecule has 0 saturated heterocycles. The number of para-hydroxylation sites is 1. The smallest absolute Gasteiger partial charge is 0.162 e. The summed E-state index contributed by atoms with van der Waals surface area (Å²) in [7, 11) is 0. The number of nitrogens with one attached hydrogen (secondary N) is 1. The molecule has 0 heterocycles. The maximum atomic E-state index is 10.0. The topological polar surface area (TPSA) is 41.5 Å². The van der Waals surface area contributed by atoms with E-state index in [0.29, 0.717) is 18.9 Å². The van der Waals surface area contributed by atoms with E-state index in [9.17, 15) is 5.11 Å². The molecule has 3 heteroatoms. The average Bonchev–Trinajstić information content (AvgIpc) is 2.38. The summed E-state index contributed by atoms with van der Waals surface area (Å²) in [5.41, 5.74) is 0.803. The number of phenolic OH excluding ortho intramolecular Hbond substituents is 1. The van der Waals surface area contributed by atoms with Crippen molar-refractivity contribution in [1.82, 2.24) is 5.32 Å². The van der Waals surface area contributed by atoms with Gasteiger partial charge >= 0.3 is 0 Å². The molecule has 18 heavy (non-hydrogen) atoms. The van der Waals surface area contributed by atoms with Gasteiger partial charge in [0.05, 0.1) is 12.6 Å². The van der Waals surface area contributed by atoms with E-state index < -0.39 is 0 Å². The van der Waals surface area contributed by atoms with Gasteiger partial charge in [0.15, 0.2) is 11.5 Å². The first-order valence-corrected chi connectivity index (χ1v) is 6.36. The second kappa shape index (κ2) is 7.62. The molecule has 1 aromatic rings. The largest absolute Gasteiger partial charge is 0.504 e. The highest BCUT2D eigenvalue weighted by atomic mass is 16.5. The van der Waals surface area contributed by atoms with Crippen LogP contribution in [-0.2, 0) is 6.54 Å². The van der Waals surface area contributed by atoms with Gasteiger partial charge in [0.25, 0.3) is 0 Å². The number of terminal acetylenes is 1. The van der Waals surface area contributed by atoms with Crippen molar-refractivity contribution in [2.45, 2.75) is 39.3 Å². The number of phenols is 1. The van der Waals surface area contributed by atoms with Gasteiger partial charge in [-0.3, -0.25) is 5.32 Å². The molecule has 0 radical (unpaired) electrons. The Morgan fingerprint density at radius 3 is 2.83 bits per heavy atom. The van der Waals surface area contributed by atoms with E-state index in [0.717, 1.165) is 18.4 Å². The van der Waals surface area contributed by atoms with Crippen LogP contribution in [0.3, 0.4) is 0 Å². The molecule has 0 aromatic heterocycles. The van der Waals surface area contributed by atoms with Crippen molar-refractivity contribution in [3.05, 3.63) is 23.8 Å². The fourth-order valence-electron chi connectivity index (χ4n) is 1.75. The van der Waals surface area contributed by atoms with Crippen LogP contribution in [0.1, 0.15) is 32.3 Å². The lowest BCUT2D eigenvalue weighted by Crippen LogP contribution is -2.26. The first kappa shape index (κ1) is 14.4. The maximum absolute atomic E-state index is 10.0. The molecule has 0 aliphatic carbocycles. The third kappa shape index (κ3) is 3.97. The summed E-state index contributed by atoms with van der Waals surface area (Å²) < 4.78 is 5.34. The number of hydrogen-bond donors (Lipinski definition) is 2. The first-order valence-electron chi connectivity index (χ1n) is 6.36. The minimum absolute atomic E-state index is 0.0464. The van der Waals surface area contributed by atoms with Gasteiger partial charge in [0, 0.05) is 12.1 Å². The van der Waals surface area contributed by atoms with E-state index in [-0.39, 0.29) is 11.8 Å². The Hall–Kier alpha value is -1.66. The molecule has 3 nitrogen and oxygen atoms in total. The second-order valence-electron chi connectivity index (χ2n) is 4.09. The average molecular weight is 247 g/mol. The summed E-state index contributed by atoms with van der Waals surface area (Å²) in [4.78, 5) is 0. The van der Waals surface area contributed by atoms with Crippen LogP contribution < -0.4 is 10.1 Å². The molecule has 0 aliphatic heterocycles. The van der Waals surface area contributed by atoms with Crippen LogP contribution in [0.15, 0.2) is 18.2 Å². The normalized spacial score (nSPS) is 11.8. The van der Waals surface area contributed by atoms with E-state index >= 15 is 0 Å². The quantitative estimate of drug-likeness (QED) is 0.728. The van der Waals surface area contributed by atoms with Crippen LogP contribution in [0.4, 0.5) is 0 Å². The lowest BCUT2D eigenvalue weighted by atomic mass is 10.1. The van der Waals surface area contributed by atoms with E-state index in [1.54, 1.807) is 6.07 Å². The van der Waals surface area contributed by atoms with Gasteiger partial charge in [-0.15, -0.1) is 6.42 Å². The van der Waals surface area contributed by atoms with E-state index in [1.165, 1.54) is 0 Å². The minimum atomic E-state index is 0.0464. The molecular formula is C15H21NO2. The lowest BCUT2D eigenvalue weighted by Gasteiger charge is -2.14. The van der Waals surface area contributed by atoms with Crippen molar-refractivity contribution < 1.29 is 9.84 Å². The molecular weight excluding hydrogens is 226 g/mol. The molecule has 1 aromatic carbocycles. The molecule has 1 atom stereocenters. The van der Waals surface area contributed by atoms with Gasteiger partial charge < -0.3 is 9.84 Å². The highest BCUT2D eigenvalue weighted by Crippen LogP contribution is 2.29. The van der Waals surface area contributed by atoms with E-state index in [1.807, 2.05) is 19.1 Å². The summed E-state index contributed by atoms with van der Waals surface area (Å²) in [5.74, 6) is 3.42. The Kier molecular flexibility index (Phi) is 6.10. The summed E-state index contributed by atoms with van der Waals surface area (Å²) in [6, 6.07) is 5.54. The molecule has 0 bridgehead atoms. The van der Waals surface area contributed by atoms with Gasteiger partial charge in [0.1, 0.15) is 0 Å². The fraction of sp³-hybridized carbons (Fsp3) is 0.467. The summed E-state index contributed by atoms with van der Waals surface area (Å²) >= 11 is 0. The van der Waals surface area contributed by atoms with Gasteiger partial charge in [-0.2, -0.15) is 0 Å². The van der Waals surface area contributed by atoms with E-state index in [2.05, 4.69) is 18.2 Å². The van der Waals surface area contributed by atoms with Crippen LogP contribution in [0.2, 0.25) is 0 Å². The molecule has 0 aliphatic rings. The van der Waals surface area contributed by atoms with Gasteiger partial charge in [-0.05, 0) is 19.4 Å². The van der Waals surface area contributed by atoms with Crippen molar-refractivity contribution in [3.63, 3.8) is 0 Å². The van der Waals surface area contributed by atoms with Crippen LogP contribution in [0.25, 0.3) is 0 Å². The number of benzene rings is 1. The van der Waals surface area contributed by atoms with Crippen LogP contribution >= 0.6 is 0 Å². The Balaban J connectivity index is 2.67. The molecule has 1 rings (SSSR count). The maximum Gasteiger partial charge on any atom is 0.162 e. The van der Waals surface area contributed by atoms with Crippen molar-refractivity contribution >= 4 is 0 Å². The summed E-state index contributed by atoms with van der Waals surface area (Å²) in [6.45, 7) is 5.06. The first-order chi connectivity index (χ1) is 8.72. The predicted octanol–water partition coefficient (Wildman–Crippen LogP) is 2.68. The van der Waals surface area contributed by atoms with Crippen molar-refractivity contribution in [2.24, 2.45) is 0 Å². The van der Waals surface area contributed by atoms with Crippen molar-refractivity contribution in [1.29, 1.82) is 0 Å². The van der Waals surface area contributed by atoms with Crippen molar-refractivity contribution in [2.75, 3.05) is 6.61 Å². The molecule has 2 N–H and O–H groups in total. The van der Waals surface area contributed by atoms with Crippen LogP contribution in [0, 0.1) is 12.3 Å². The van der Waals surface area contributed by atoms with Crippen molar-refractivity contribution in [3.8, 4) is 23.8 Å². The molecule has 1 unspecified atom stereocenters. The highest BCUT2D eigenvalue weighted by molar-refractivity contribution is 5.45. The predicted molar refractivity (Wildman–Crippen MR) is 73.6 cm³/mol. The molecule has 0 spiro atoms. The van der Waals surface area contributed by atoms with Gasteiger partial charge in [0.2, 0.25) is 0 Å². The molecule has 98 valence electrons. The second-order valence-corrected chi connectivity index (χ2v) is 4.09. The third-order valence-electron chi connectivity index (χ3n) is 2.70. The Bertz CT molecular complexity index is 409. The lowest BCUT2D eigenvalue weighted by molar-refractivity contribution is 0.316. The number of hydrogen-bond acceptors (Lipinski definition) is 3. The van der Waals surface area contributed by atoms with Gasteiger partial charge in [-0.1, -0.05) is 31.4 Å². The Morgan fingerprint density at radius 1 is 1.44 bits per heavy atom. The SMILES string of the molecule is C#CC(CCC)NCc1cccc(OCC)c1O. The minimum Gasteiger partial charge on any atom is -0.504 e. The monoisotopic (exact) mass is 247 g/mol. The van der Waals surface area contributed by atoms with Crippen LogP contribution in [0.5, 0.6) is 11.5 Å². The van der Waals surface area contributed by atoms with Crippen LogP contribution in [-0.4, -0.2) is 17.8 Å². The number of aromatic hydroxyl groups is 1. The zero-order valence-corrected chi connectivity index (χ0v) is 11.1. The number of rotatable bonds is 7. The fourth-order valence-corrected chi connectivity index (χ4v) is 1.75. The zero-order valence-electron chi connectivity index (χ0n) is 11.1.